The van der Waals surface area contributed by atoms with Gasteiger partial charge < -0.3 is 15.0 Å². The third kappa shape index (κ3) is 3.73. The quantitative estimate of drug-likeness (QED) is 0.224. The molecule has 0 aliphatic carbocycles. The van der Waals surface area contributed by atoms with E-state index >= 15 is 0 Å². The van der Waals surface area contributed by atoms with Crippen LogP contribution in [0.1, 0.15) is 16.7 Å². The van der Waals surface area contributed by atoms with Gasteiger partial charge in [0.25, 0.3) is 5.56 Å². The second kappa shape index (κ2) is 7.46. The minimum absolute atomic E-state index is 0.0288. The molecule has 150 valence electrons. The number of aldehydes is 1. The highest BCUT2D eigenvalue weighted by atomic mass is 19.4. The number of carbonyl (C=O) groups is 1. The van der Waals surface area contributed by atoms with Gasteiger partial charge >= 0.3 is 6.18 Å². The van der Waals surface area contributed by atoms with Gasteiger partial charge in [0, 0.05) is 22.9 Å². The zero-order valence-corrected chi connectivity index (χ0v) is 14.3. The van der Waals surface area contributed by atoms with E-state index in [1.54, 1.807) is 0 Å². The lowest BCUT2D eigenvalue weighted by Crippen LogP contribution is -2.21. The van der Waals surface area contributed by atoms with Crippen LogP contribution in [-0.2, 0) is 17.4 Å². The number of fused-ring (bicyclic) bond motifs is 1. The predicted octanol–water partition coefficient (Wildman–Crippen LogP) is 4.04. The number of nitrogens with zero attached hydrogens (tertiary/aromatic N) is 1. The number of H-pyrrole nitrogens is 1. The van der Waals surface area contributed by atoms with E-state index in [4.69, 9.17) is 5.21 Å². The fraction of sp³-hybridized carbons (Fsp3) is 0.105. The van der Waals surface area contributed by atoms with Gasteiger partial charge in [-0.15, -0.1) is 0 Å². The number of nitrogens with one attached hydrogen (secondary N) is 1. The number of pyridine rings is 1. The first-order valence-electron chi connectivity index (χ1n) is 8.04. The van der Waals surface area contributed by atoms with Crippen LogP contribution in [0.25, 0.3) is 22.0 Å². The first-order valence-corrected chi connectivity index (χ1v) is 8.04. The number of oxime groups is 1. The Morgan fingerprint density at radius 2 is 1.86 bits per heavy atom. The number of hydrogen-bond acceptors (Lipinski definition) is 4. The summed E-state index contributed by atoms with van der Waals surface area (Å²) in [7, 11) is 0. The number of alkyl halides is 3. The molecule has 0 radical (unpaired) electrons. The smallest absolute Gasteiger partial charge is 0.411 e. The summed E-state index contributed by atoms with van der Waals surface area (Å²) in [4.78, 5) is 24.3. The topological polar surface area (TPSA) is 82.5 Å². The summed E-state index contributed by atoms with van der Waals surface area (Å²) in [5, 5.41) is 10.9. The van der Waals surface area contributed by atoms with Crippen LogP contribution in [0.4, 0.5) is 22.0 Å². The summed E-state index contributed by atoms with van der Waals surface area (Å²) in [6.45, 7) is 0. The zero-order valence-electron chi connectivity index (χ0n) is 14.3. The Labute approximate surface area is 159 Å². The maximum atomic E-state index is 14.1. The van der Waals surface area contributed by atoms with Gasteiger partial charge in [-0.25, -0.2) is 8.78 Å². The monoisotopic (exact) mass is 410 g/mol. The Bertz CT molecular complexity index is 1200. The molecule has 0 amide bonds. The van der Waals surface area contributed by atoms with Crippen molar-refractivity contribution in [3.63, 3.8) is 0 Å². The predicted molar refractivity (Wildman–Crippen MR) is 94.1 cm³/mol. The highest BCUT2D eigenvalue weighted by molar-refractivity contribution is 6.06. The Balaban J connectivity index is 2.48. The molecule has 0 aliphatic rings. The van der Waals surface area contributed by atoms with E-state index in [-0.39, 0.29) is 28.6 Å². The molecule has 0 saturated carbocycles. The van der Waals surface area contributed by atoms with Crippen molar-refractivity contribution in [3.05, 3.63) is 69.0 Å². The van der Waals surface area contributed by atoms with Crippen LogP contribution >= 0.6 is 0 Å². The highest BCUT2D eigenvalue weighted by Crippen LogP contribution is 2.39. The fourth-order valence-corrected chi connectivity index (χ4v) is 3.12. The minimum atomic E-state index is -5.24. The molecule has 0 spiro atoms. The lowest BCUT2D eigenvalue weighted by atomic mass is 9.92. The molecule has 1 aromatic heterocycles. The average Bonchev–Trinajstić information content (AvgIpc) is 2.62. The molecule has 0 bridgehead atoms. The molecule has 29 heavy (non-hydrogen) atoms. The first kappa shape index (κ1) is 20.2. The number of aromatic nitrogens is 1. The SMILES string of the molecule is O=CCc1cc(F)cc(-c2ccc3[nH]c(=O)c(F)c(C(F)(F)F)c3c2C=NO)c1. The Morgan fingerprint density at radius 3 is 2.48 bits per heavy atom. The molecule has 0 atom stereocenters. The molecule has 0 aliphatic heterocycles. The summed E-state index contributed by atoms with van der Waals surface area (Å²) in [5.74, 6) is -2.80. The fourth-order valence-electron chi connectivity index (χ4n) is 3.12. The maximum Gasteiger partial charge on any atom is 0.420 e. The zero-order chi connectivity index (χ0) is 21.3. The van der Waals surface area contributed by atoms with Crippen molar-refractivity contribution >= 4 is 23.4 Å². The molecule has 1 heterocycles. The lowest BCUT2D eigenvalue weighted by Gasteiger charge is -2.16. The minimum Gasteiger partial charge on any atom is -0.411 e. The van der Waals surface area contributed by atoms with Gasteiger partial charge in [0.1, 0.15) is 17.7 Å². The van der Waals surface area contributed by atoms with Gasteiger partial charge in [-0.2, -0.15) is 13.2 Å². The van der Waals surface area contributed by atoms with Crippen LogP contribution < -0.4 is 5.56 Å². The average molecular weight is 410 g/mol. The van der Waals surface area contributed by atoms with Crippen molar-refractivity contribution in [2.24, 2.45) is 5.16 Å². The van der Waals surface area contributed by atoms with E-state index in [0.717, 1.165) is 18.2 Å². The number of benzene rings is 2. The molecule has 0 unspecified atom stereocenters. The summed E-state index contributed by atoms with van der Waals surface area (Å²) in [6, 6.07) is 5.80. The normalized spacial score (nSPS) is 12.0. The van der Waals surface area contributed by atoms with Gasteiger partial charge in [-0.1, -0.05) is 17.3 Å². The summed E-state index contributed by atoms with van der Waals surface area (Å²) < 4.78 is 68.7. The van der Waals surface area contributed by atoms with E-state index in [2.05, 4.69) is 5.16 Å². The number of halogens is 5. The number of carbonyl (C=O) groups excluding carboxylic acids is 1. The molecular weight excluding hydrogens is 399 g/mol. The lowest BCUT2D eigenvalue weighted by molar-refractivity contribution is -0.138. The Kier molecular flexibility index (Phi) is 5.19. The molecule has 5 nitrogen and oxygen atoms in total. The number of hydrogen-bond donors (Lipinski definition) is 2. The van der Waals surface area contributed by atoms with Crippen LogP contribution in [0.15, 0.2) is 40.3 Å². The van der Waals surface area contributed by atoms with Crippen molar-refractivity contribution in [3.8, 4) is 11.1 Å². The largest absolute Gasteiger partial charge is 0.420 e. The third-order valence-electron chi connectivity index (χ3n) is 4.22. The first-order chi connectivity index (χ1) is 13.7. The van der Waals surface area contributed by atoms with Gasteiger partial charge in [-0.3, -0.25) is 4.79 Å². The van der Waals surface area contributed by atoms with Crippen molar-refractivity contribution in [2.75, 3.05) is 0 Å². The van der Waals surface area contributed by atoms with E-state index in [1.807, 2.05) is 4.98 Å². The van der Waals surface area contributed by atoms with E-state index in [0.29, 0.717) is 12.5 Å². The van der Waals surface area contributed by atoms with Crippen LogP contribution in [0, 0.1) is 11.6 Å². The van der Waals surface area contributed by atoms with Crippen molar-refractivity contribution < 1.29 is 32.0 Å². The molecular formula is C19H11F5N2O3. The Hall–Kier alpha value is -3.56. The van der Waals surface area contributed by atoms with Crippen molar-refractivity contribution in [1.29, 1.82) is 0 Å². The molecule has 3 rings (SSSR count). The van der Waals surface area contributed by atoms with E-state index in [9.17, 15) is 31.5 Å². The van der Waals surface area contributed by atoms with Crippen LogP contribution in [0.5, 0.6) is 0 Å². The van der Waals surface area contributed by atoms with Crippen LogP contribution in [0.3, 0.4) is 0 Å². The maximum absolute atomic E-state index is 14.1. The van der Waals surface area contributed by atoms with Crippen LogP contribution in [0.2, 0.25) is 0 Å². The highest BCUT2D eigenvalue weighted by Gasteiger charge is 2.39. The van der Waals surface area contributed by atoms with Gasteiger partial charge in [0.05, 0.1) is 6.21 Å². The number of aromatic amines is 1. The molecule has 0 saturated heterocycles. The van der Waals surface area contributed by atoms with Crippen molar-refractivity contribution in [2.45, 2.75) is 12.6 Å². The number of rotatable bonds is 4. The molecule has 2 N–H and O–H groups in total. The van der Waals surface area contributed by atoms with E-state index < -0.39 is 39.9 Å². The van der Waals surface area contributed by atoms with E-state index in [1.165, 1.54) is 12.1 Å². The second-order valence-corrected chi connectivity index (χ2v) is 6.05. The third-order valence-corrected chi connectivity index (χ3v) is 4.22. The molecule has 10 heteroatoms. The van der Waals surface area contributed by atoms with Gasteiger partial charge in [0.2, 0.25) is 5.82 Å². The molecule has 3 aromatic rings. The van der Waals surface area contributed by atoms with Gasteiger partial charge in [0.15, 0.2) is 0 Å². The summed E-state index contributed by atoms with van der Waals surface area (Å²) in [6.07, 6.45) is -4.22. The molecule has 0 fully saturated rings. The van der Waals surface area contributed by atoms with Gasteiger partial charge in [-0.05, 0) is 34.9 Å². The Morgan fingerprint density at radius 1 is 1.14 bits per heavy atom. The van der Waals surface area contributed by atoms with Crippen LogP contribution in [-0.4, -0.2) is 22.7 Å². The standard InChI is InChI=1S/C19H11F5N2O3/c20-11-6-9(3-4-27)5-10(7-11)12-1-2-14-15(13(12)8-25-29)16(19(22,23)24)17(21)18(28)26-14/h1-2,4-8,29H,3H2,(H,26,28). The summed E-state index contributed by atoms with van der Waals surface area (Å²) in [5.41, 5.74) is -3.86. The summed E-state index contributed by atoms with van der Waals surface area (Å²) >= 11 is 0. The van der Waals surface area contributed by atoms with Crippen molar-refractivity contribution in [1.82, 2.24) is 4.98 Å². The second-order valence-electron chi connectivity index (χ2n) is 6.05. The molecule has 2 aromatic carbocycles.